The van der Waals surface area contributed by atoms with Gasteiger partial charge >= 0.3 is 5.97 Å². The highest BCUT2D eigenvalue weighted by Crippen LogP contribution is 2.19. The molecular weight excluding hydrogens is 270 g/mol. The first-order valence-corrected chi connectivity index (χ1v) is 6.30. The van der Waals surface area contributed by atoms with Gasteiger partial charge in [-0.2, -0.15) is 0 Å². The number of carbonyl (C=O) groups excluding carboxylic acids is 1. The number of carbonyl (C=O) groups is 2. The topological polar surface area (TPSA) is 89.6 Å². The third-order valence-electron chi connectivity index (χ3n) is 3.10. The van der Waals surface area contributed by atoms with E-state index >= 15 is 0 Å². The van der Waals surface area contributed by atoms with Crippen LogP contribution in [0.2, 0.25) is 0 Å². The average Bonchev–Trinajstić information content (AvgIpc) is 2.48. The van der Waals surface area contributed by atoms with E-state index in [1.54, 1.807) is 43.5 Å². The summed E-state index contributed by atoms with van der Waals surface area (Å²) < 4.78 is 5.04. The summed E-state index contributed by atoms with van der Waals surface area (Å²) in [5, 5.41) is 8.84. The first-order chi connectivity index (χ1) is 10.0. The number of anilines is 1. The minimum absolute atomic E-state index is 0.190. The van der Waals surface area contributed by atoms with E-state index in [1.165, 1.54) is 6.07 Å². The molecule has 0 fully saturated rings. The van der Waals surface area contributed by atoms with Crippen LogP contribution < -0.4 is 10.5 Å². The van der Waals surface area contributed by atoms with Gasteiger partial charge in [-0.25, -0.2) is 0 Å². The predicted molar refractivity (Wildman–Crippen MR) is 78.6 cm³/mol. The minimum atomic E-state index is -0.990. The molecule has 108 valence electrons. The average molecular weight is 285 g/mol. The number of aliphatic carboxylic acids is 1. The molecular formula is C16H15NO4. The lowest BCUT2D eigenvalue weighted by atomic mass is 9.99. The summed E-state index contributed by atoms with van der Waals surface area (Å²) in [5.41, 5.74) is 7.43. The van der Waals surface area contributed by atoms with E-state index in [4.69, 9.17) is 15.6 Å². The maximum absolute atomic E-state index is 12.4. The zero-order valence-corrected chi connectivity index (χ0v) is 11.5. The predicted octanol–water partition coefficient (Wildman–Crippen LogP) is 2.14. The number of benzene rings is 2. The SMILES string of the molecule is COc1ccc(C(=O)c2ccc(N)c(CC(=O)O)c2)cc1. The van der Waals surface area contributed by atoms with Crippen LogP contribution in [0.15, 0.2) is 42.5 Å². The highest BCUT2D eigenvalue weighted by atomic mass is 16.5. The number of carboxylic acid groups (broad SMARTS) is 1. The lowest BCUT2D eigenvalue weighted by molar-refractivity contribution is -0.136. The lowest BCUT2D eigenvalue weighted by Crippen LogP contribution is -2.07. The number of carboxylic acids is 1. The fourth-order valence-corrected chi connectivity index (χ4v) is 1.97. The molecule has 0 aromatic heterocycles. The maximum atomic E-state index is 12.4. The van der Waals surface area contributed by atoms with E-state index in [9.17, 15) is 9.59 Å². The number of methoxy groups -OCH3 is 1. The van der Waals surface area contributed by atoms with Crippen LogP contribution in [0.3, 0.4) is 0 Å². The number of ether oxygens (including phenoxy) is 1. The van der Waals surface area contributed by atoms with Gasteiger partial charge in [-0.05, 0) is 48.0 Å². The second-order valence-electron chi connectivity index (χ2n) is 4.54. The fourth-order valence-electron chi connectivity index (χ4n) is 1.97. The van der Waals surface area contributed by atoms with Gasteiger partial charge in [-0.1, -0.05) is 0 Å². The standard InChI is InChI=1S/C16H15NO4/c1-21-13-5-2-10(3-6-13)16(20)11-4-7-14(17)12(8-11)9-15(18)19/h2-8H,9,17H2,1H3,(H,18,19). The summed E-state index contributed by atoms with van der Waals surface area (Å²) in [5.74, 6) is -0.518. The van der Waals surface area contributed by atoms with Crippen LogP contribution in [0.25, 0.3) is 0 Å². The van der Waals surface area contributed by atoms with Gasteiger partial charge in [0, 0.05) is 16.8 Å². The molecule has 0 saturated heterocycles. The Labute approximate surface area is 122 Å². The first-order valence-electron chi connectivity index (χ1n) is 6.30. The molecule has 0 unspecified atom stereocenters. The van der Waals surface area contributed by atoms with Crippen LogP contribution >= 0.6 is 0 Å². The Hall–Kier alpha value is -2.82. The van der Waals surface area contributed by atoms with E-state index in [0.717, 1.165) is 0 Å². The molecule has 5 heteroatoms. The van der Waals surface area contributed by atoms with Gasteiger partial charge in [-0.3, -0.25) is 9.59 Å². The number of hydrogen-bond acceptors (Lipinski definition) is 4. The molecule has 21 heavy (non-hydrogen) atoms. The normalized spacial score (nSPS) is 10.1. The summed E-state index contributed by atoms with van der Waals surface area (Å²) in [6.07, 6.45) is -0.213. The molecule has 5 nitrogen and oxygen atoms in total. The van der Waals surface area contributed by atoms with Crippen molar-refractivity contribution in [2.75, 3.05) is 12.8 Å². The Morgan fingerprint density at radius 3 is 2.29 bits per heavy atom. The van der Waals surface area contributed by atoms with Crippen molar-refractivity contribution < 1.29 is 19.4 Å². The van der Waals surface area contributed by atoms with Gasteiger partial charge in [0.25, 0.3) is 0 Å². The van der Waals surface area contributed by atoms with Gasteiger partial charge in [0.2, 0.25) is 0 Å². The van der Waals surface area contributed by atoms with Crippen LogP contribution in [0.4, 0.5) is 5.69 Å². The molecule has 0 aliphatic rings. The molecule has 0 bridgehead atoms. The van der Waals surface area contributed by atoms with E-state index in [2.05, 4.69) is 0 Å². The van der Waals surface area contributed by atoms with Crippen molar-refractivity contribution in [2.45, 2.75) is 6.42 Å². The summed E-state index contributed by atoms with van der Waals surface area (Å²) in [6, 6.07) is 11.4. The maximum Gasteiger partial charge on any atom is 0.307 e. The molecule has 3 N–H and O–H groups in total. The van der Waals surface area contributed by atoms with Crippen LogP contribution in [-0.2, 0) is 11.2 Å². The largest absolute Gasteiger partial charge is 0.497 e. The molecule has 2 rings (SSSR count). The summed E-state index contributed by atoms with van der Waals surface area (Å²) >= 11 is 0. The van der Waals surface area contributed by atoms with Crippen molar-refractivity contribution in [1.82, 2.24) is 0 Å². The van der Waals surface area contributed by atoms with E-state index in [-0.39, 0.29) is 12.2 Å². The Morgan fingerprint density at radius 2 is 1.71 bits per heavy atom. The number of rotatable bonds is 5. The van der Waals surface area contributed by atoms with Crippen molar-refractivity contribution in [3.05, 3.63) is 59.2 Å². The van der Waals surface area contributed by atoms with E-state index in [1.807, 2.05) is 0 Å². The molecule has 0 radical (unpaired) electrons. The second-order valence-corrected chi connectivity index (χ2v) is 4.54. The van der Waals surface area contributed by atoms with Crippen molar-refractivity contribution in [3.8, 4) is 5.75 Å². The van der Waals surface area contributed by atoms with Crippen LogP contribution in [-0.4, -0.2) is 24.0 Å². The second kappa shape index (κ2) is 6.09. The molecule has 2 aromatic carbocycles. The Bertz CT molecular complexity index is 677. The summed E-state index contributed by atoms with van der Waals surface area (Å²) in [7, 11) is 1.55. The molecule has 2 aromatic rings. The van der Waals surface area contributed by atoms with Crippen LogP contribution in [0.5, 0.6) is 5.75 Å². The quantitative estimate of drug-likeness (QED) is 0.649. The van der Waals surface area contributed by atoms with Crippen molar-refractivity contribution in [1.29, 1.82) is 0 Å². The lowest BCUT2D eigenvalue weighted by Gasteiger charge is -2.07. The zero-order valence-electron chi connectivity index (χ0n) is 11.5. The Balaban J connectivity index is 2.31. The van der Waals surface area contributed by atoms with Gasteiger partial charge in [0.15, 0.2) is 5.78 Å². The third-order valence-corrected chi connectivity index (χ3v) is 3.10. The summed E-state index contributed by atoms with van der Waals surface area (Å²) in [6.45, 7) is 0. The van der Waals surface area contributed by atoms with Gasteiger partial charge in [0.1, 0.15) is 5.75 Å². The Morgan fingerprint density at radius 1 is 1.10 bits per heavy atom. The monoisotopic (exact) mass is 285 g/mol. The van der Waals surface area contributed by atoms with Gasteiger partial charge < -0.3 is 15.6 Å². The van der Waals surface area contributed by atoms with E-state index in [0.29, 0.717) is 28.1 Å². The van der Waals surface area contributed by atoms with Crippen LogP contribution in [0, 0.1) is 0 Å². The van der Waals surface area contributed by atoms with E-state index < -0.39 is 5.97 Å². The summed E-state index contributed by atoms with van der Waals surface area (Å²) in [4.78, 5) is 23.2. The smallest absolute Gasteiger partial charge is 0.307 e. The van der Waals surface area contributed by atoms with Crippen LogP contribution in [0.1, 0.15) is 21.5 Å². The van der Waals surface area contributed by atoms with Crippen molar-refractivity contribution in [3.63, 3.8) is 0 Å². The van der Waals surface area contributed by atoms with Crippen molar-refractivity contribution >= 4 is 17.4 Å². The van der Waals surface area contributed by atoms with Gasteiger partial charge in [-0.15, -0.1) is 0 Å². The molecule has 0 spiro atoms. The highest BCUT2D eigenvalue weighted by Gasteiger charge is 2.12. The molecule has 0 aliphatic heterocycles. The molecule has 0 heterocycles. The first kappa shape index (κ1) is 14.6. The number of nitrogen functional groups attached to an aromatic ring is 1. The third kappa shape index (κ3) is 3.39. The molecule has 0 atom stereocenters. The molecule has 0 saturated carbocycles. The fraction of sp³-hybridized carbons (Fsp3) is 0.125. The number of hydrogen-bond donors (Lipinski definition) is 2. The highest BCUT2D eigenvalue weighted by molar-refractivity contribution is 6.09. The number of nitrogens with two attached hydrogens (primary N) is 1. The number of ketones is 1. The zero-order chi connectivity index (χ0) is 15.4. The Kier molecular flexibility index (Phi) is 4.23. The molecule has 0 amide bonds. The van der Waals surface area contributed by atoms with Gasteiger partial charge in [0.05, 0.1) is 13.5 Å². The minimum Gasteiger partial charge on any atom is -0.497 e. The molecule has 0 aliphatic carbocycles. The van der Waals surface area contributed by atoms with Crippen molar-refractivity contribution in [2.24, 2.45) is 0 Å².